The maximum Gasteiger partial charge on any atom is 0.0902 e. The Hall–Kier alpha value is -0.160. The maximum atomic E-state index is 5.87. The fraction of sp³-hybridized carbons (Fsp3) is 1.00. The number of ether oxygens (including phenoxy) is 2. The van der Waals surface area contributed by atoms with Crippen LogP contribution in [-0.4, -0.2) is 50.6 Å². The summed E-state index contributed by atoms with van der Waals surface area (Å²) in [7, 11) is 0. The molecule has 4 heteroatoms. The van der Waals surface area contributed by atoms with Crippen molar-refractivity contribution in [3.8, 4) is 0 Å². The van der Waals surface area contributed by atoms with E-state index in [1.165, 1.54) is 0 Å². The minimum absolute atomic E-state index is 0.0741. The molecule has 4 nitrogen and oxygen atoms in total. The summed E-state index contributed by atoms with van der Waals surface area (Å²) in [6.45, 7) is 13.3. The van der Waals surface area contributed by atoms with Gasteiger partial charge in [-0.1, -0.05) is 13.8 Å². The monoisotopic (exact) mass is 256 g/mol. The van der Waals surface area contributed by atoms with Gasteiger partial charge >= 0.3 is 0 Å². The van der Waals surface area contributed by atoms with E-state index in [1.54, 1.807) is 0 Å². The summed E-state index contributed by atoms with van der Waals surface area (Å²) < 4.78 is 11.6. The number of rotatable bonds is 7. The second-order valence-corrected chi connectivity index (χ2v) is 6.41. The van der Waals surface area contributed by atoms with Crippen LogP contribution in [0.4, 0.5) is 0 Å². The van der Waals surface area contributed by atoms with E-state index in [-0.39, 0.29) is 11.0 Å². The Bertz CT molecular complexity index is 277. The fourth-order valence-electron chi connectivity index (χ4n) is 2.83. The molecule has 18 heavy (non-hydrogen) atoms. The molecule has 2 rings (SSSR count). The molecule has 1 heterocycles. The van der Waals surface area contributed by atoms with Crippen molar-refractivity contribution in [1.29, 1.82) is 0 Å². The number of hydrogen-bond donors (Lipinski definition) is 2. The first-order valence-electron chi connectivity index (χ1n) is 7.17. The van der Waals surface area contributed by atoms with Crippen molar-refractivity contribution in [2.45, 2.75) is 51.9 Å². The maximum absolute atomic E-state index is 5.87. The Balaban J connectivity index is 1.60. The average molecular weight is 256 g/mol. The molecular weight excluding hydrogens is 228 g/mol. The molecule has 1 saturated heterocycles. The van der Waals surface area contributed by atoms with Gasteiger partial charge in [-0.05, 0) is 20.3 Å². The Morgan fingerprint density at radius 3 is 2.50 bits per heavy atom. The van der Waals surface area contributed by atoms with Gasteiger partial charge in [0.2, 0.25) is 0 Å². The van der Waals surface area contributed by atoms with Gasteiger partial charge in [-0.15, -0.1) is 0 Å². The minimum Gasteiger partial charge on any atom is -0.378 e. The van der Waals surface area contributed by atoms with Gasteiger partial charge in [-0.25, -0.2) is 0 Å². The zero-order valence-electron chi connectivity index (χ0n) is 12.2. The van der Waals surface area contributed by atoms with Gasteiger partial charge in [0.25, 0.3) is 0 Å². The second kappa shape index (κ2) is 5.45. The first-order chi connectivity index (χ1) is 8.48. The molecule has 1 aliphatic heterocycles. The summed E-state index contributed by atoms with van der Waals surface area (Å²) in [6.07, 6.45) is 1.54. The lowest BCUT2D eigenvalue weighted by atomic mass is 9.64. The molecule has 2 N–H and O–H groups in total. The van der Waals surface area contributed by atoms with Crippen molar-refractivity contribution in [3.05, 3.63) is 0 Å². The van der Waals surface area contributed by atoms with E-state index in [0.717, 1.165) is 39.3 Å². The van der Waals surface area contributed by atoms with Crippen LogP contribution in [0.1, 0.15) is 34.1 Å². The smallest absolute Gasteiger partial charge is 0.0902 e. The van der Waals surface area contributed by atoms with Gasteiger partial charge in [0, 0.05) is 37.7 Å². The standard InChI is InChI=1S/C14H28N2O2/c1-5-17-12-8-11(13(12,2)3)16-6-7-18-14(4)9-15-10-14/h11-12,15-16H,5-10H2,1-4H3. The lowest BCUT2D eigenvalue weighted by molar-refractivity contribution is -0.117. The van der Waals surface area contributed by atoms with Gasteiger partial charge in [-0.3, -0.25) is 0 Å². The summed E-state index contributed by atoms with van der Waals surface area (Å²) in [6, 6.07) is 0.560. The van der Waals surface area contributed by atoms with Gasteiger partial charge < -0.3 is 20.1 Å². The van der Waals surface area contributed by atoms with Crippen molar-refractivity contribution in [1.82, 2.24) is 10.6 Å². The highest BCUT2D eigenvalue weighted by Gasteiger charge is 2.48. The van der Waals surface area contributed by atoms with E-state index < -0.39 is 0 Å². The van der Waals surface area contributed by atoms with Crippen molar-refractivity contribution in [2.24, 2.45) is 5.41 Å². The quantitative estimate of drug-likeness (QED) is 0.671. The number of hydrogen-bond acceptors (Lipinski definition) is 4. The molecule has 0 amide bonds. The van der Waals surface area contributed by atoms with Crippen LogP contribution < -0.4 is 10.6 Å². The van der Waals surface area contributed by atoms with Crippen molar-refractivity contribution >= 4 is 0 Å². The molecule has 2 fully saturated rings. The van der Waals surface area contributed by atoms with Crippen LogP contribution in [0.2, 0.25) is 0 Å². The molecule has 1 saturated carbocycles. The van der Waals surface area contributed by atoms with Crippen molar-refractivity contribution < 1.29 is 9.47 Å². The van der Waals surface area contributed by atoms with E-state index in [2.05, 4.69) is 38.3 Å². The van der Waals surface area contributed by atoms with Crippen molar-refractivity contribution in [3.63, 3.8) is 0 Å². The molecule has 0 spiro atoms. The molecule has 0 bridgehead atoms. The zero-order chi connectivity index (χ0) is 13.2. The van der Waals surface area contributed by atoms with Crippen LogP contribution in [0, 0.1) is 5.41 Å². The summed E-state index contributed by atoms with van der Waals surface area (Å²) in [4.78, 5) is 0. The molecule has 0 aromatic heterocycles. The minimum atomic E-state index is 0.0741. The lowest BCUT2D eigenvalue weighted by Gasteiger charge is -2.52. The Morgan fingerprint density at radius 1 is 1.28 bits per heavy atom. The normalized spacial score (nSPS) is 32.7. The van der Waals surface area contributed by atoms with Crippen LogP contribution in [0.25, 0.3) is 0 Å². The van der Waals surface area contributed by atoms with Crippen LogP contribution in [0.3, 0.4) is 0 Å². The van der Waals surface area contributed by atoms with E-state index >= 15 is 0 Å². The highest BCUT2D eigenvalue weighted by molar-refractivity contribution is 5.02. The third-order valence-corrected chi connectivity index (χ3v) is 4.49. The number of nitrogens with one attached hydrogen (secondary N) is 2. The van der Waals surface area contributed by atoms with E-state index in [4.69, 9.17) is 9.47 Å². The Morgan fingerprint density at radius 2 is 2.00 bits per heavy atom. The largest absolute Gasteiger partial charge is 0.378 e. The molecule has 2 atom stereocenters. The SMILES string of the molecule is CCOC1CC(NCCOC2(C)CNC2)C1(C)C. The average Bonchev–Trinajstić information content (AvgIpc) is 2.29. The molecule has 106 valence electrons. The van der Waals surface area contributed by atoms with Crippen molar-refractivity contribution in [2.75, 3.05) is 32.8 Å². The van der Waals surface area contributed by atoms with Gasteiger partial charge in [0.15, 0.2) is 0 Å². The fourth-order valence-corrected chi connectivity index (χ4v) is 2.83. The van der Waals surface area contributed by atoms with E-state index in [1.807, 2.05) is 0 Å². The molecule has 2 aliphatic rings. The van der Waals surface area contributed by atoms with E-state index in [0.29, 0.717) is 12.1 Å². The van der Waals surface area contributed by atoms with Gasteiger partial charge in [-0.2, -0.15) is 0 Å². The third-order valence-electron chi connectivity index (χ3n) is 4.49. The predicted molar refractivity (Wildman–Crippen MR) is 72.8 cm³/mol. The van der Waals surface area contributed by atoms with E-state index in [9.17, 15) is 0 Å². The first kappa shape index (κ1) is 14.3. The third kappa shape index (κ3) is 2.87. The summed E-state index contributed by atoms with van der Waals surface area (Å²) in [5.74, 6) is 0. The lowest BCUT2D eigenvalue weighted by Crippen LogP contribution is -2.62. The Labute approximate surface area is 111 Å². The van der Waals surface area contributed by atoms with Crippen LogP contribution in [0.5, 0.6) is 0 Å². The molecule has 1 aliphatic carbocycles. The van der Waals surface area contributed by atoms with Crippen LogP contribution in [-0.2, 0) is 9.47 Å². The van der Waals surface area contributed by atoms with Gasteiger partial charge in [0.05, 0.1) is 18.3 Å². The topological polar surface area (TPSA) is 42.5 Å². The summed E-state index contributed by atoms with van der Waals surface area (Å²) in [5, 5.41) is 6.84. The molecular formula is C14H28N2O2. The summed E-state index contributed by atoms with van der Waals surface area (Å²) in [5.41, 5.74) is 0.322. The molecule has 2 unspecified atom stereocenters. The Kier molecular flexibility index (Phi) is 4.32. The summed E-state index contributed by atoms with van der Waals surface area (Å²) >= 11 is 0. The van der Waals surface area contributed by atoms with Gasteiger partial charge in [0.1, 0.15) is 0 Å². The highest BCUT2D eigenvalue weighted by Crippen LogP contribution is 2.42. The molecule has 0 radical (unpaired) electrons. The highest BCUT2D eigenvalue weighted by atomic mass is 16.5. The molecule has 0 aromatic carbocycles. The second-order valence-electron chi connectivity index (χ2n) is 6.41. The zero-order valence-corrected chi connectivity index (χ0v) is 12.2. The predicted octanol–water partition coefficient (Wildman–Crippen LogP) is 1.16. The van der Waals surface area contributed by atoms with Crippen LogP contribution in [0.15, 0.2) is 0 Å². The van der Waals surface area contributed by atoms with Crippen LogP contribution >= 0.6 is 0 Å². The first-order valence-corrected chi connectivity index (χ1v) is 7.17. The molecule has 0 aromatic rings.